The second kappa shape index (κ2) is 5.45. The number of aromatic nitrogens is 2. The largest absolute Gasteiger partial charge is 0.496 e. The number of halogens is 1. The molecule has 4 nitrogen and oxygen atoms in total. The Hall–Kier alpha value is -1.81. The fourth-order valence-corrected chi connectivity index (χ4v) is 2.02. The normalized spacial score (nSPS) is 10.4. The molecule has 100 valence electrons. The first-order chi connectivity index (χ1) is 9.01. The Morgan fingerprint density at radius 3 is 2.53 bits per heavy atom. The summed E-state index contributed by atoms with van der Waals surface area (Å²) < 4.78 is 5.24. The molecule has 0 atom stereocenters. The van der Waals surface area contributed by atoms with E-state index >= 15 is 0 Å². The summed E-state index contributed by atoms with van der Waals surface area (Å²) in [5.74, 6) is 2.23. The number of aryl methyl sites for hydroxylation is 2. The van der Waals surface area contributed by atoms with Crippen LogP contribution in [-0.2, 0) is 0 Å². The molecular weight excluding hydrogens is 262 g/mol. The maximum absolute atomic E-state index is 6.05. The Morgan fingerprint density at radius 1 is 1.16 bits per heavy atom. The van der Waals surface area contributed by atoms with Gasteiger partial charge in [0.1, 0.15) is 22.5 Å². The van der Waals surface area contributed by atoms with Gasteiger partial charge in [0.15, 0.2) is 0 Å². The highest BCUT2D eigenvalue weighted by molar-refractivity contribution is 6.30. The van der Waals surface area contributed by atoms with Crippen LogP contribution in [0.3, 0.4) is 0 Å². The lowest BCUT2D eigenvalue weighted by molar-refractivity contribution is 0.412. The zero-order valence-electron chi connectivity index (χ0n) is 11.4. The number of nitrogens with zero attached hydrogens (tertiary/aromatic N) is 2. The van der Waals surface area contributed by atoms with Crippen molar-refractivity contribution < 1.29 is 4.74 Å². The van der Waals surface area contributed by atoms with E-state index in [1.165, 1.54) is 0 Å². The molecule has 0 fully saturated rings. The van der Waals surface area contributed by atoms with E-state index in [2.05, 4.69) is 15.3 Å². The Balaban J connectivity index is 2.33. The van der Waals surface area contributed by atoms with Gasteiger partial charge in [0.05, 0.1) is 7.11 Å². The summed E-state index contributed by atoms with van der Waals surface area (Å²) in [4.78, 5) is 8.48. The molecule has 5 heteroatoms. The molecule has 1 aromatic carbocycles. The summed E-state index contributed by atoms with van der Waals surface area (Å²) in [7, 11) is 1.66. The monoisotopic (exact) mass is 277 g/mol. The van der Waals surface area contributed by atoms with Gasteiger partial charge in [0, 0.05) is 11.3 Å². The molecule has 1 heterocycles. The SMILES string of the molecule is COc1ccc(Nc2nc(C)nc(Cl)c2C)cc1C. The predicted molar refractivity (Wildman–Crippen MR) is 77.5 cm³/mol. The molecule has 19 heavy (non-hydrogen) atoms. The molecule has 0 spiro atoms. The maximum Gasteiger partial charge on any atom is 0.138 e. The molecular formula is C14H16ClN3O. The van der Waals surface area contributed by atoms with Gasteiger partial charge in [0.2, 0.25) is 0 Å². The van der Waals surface area contributed by atoms with Crippen molar-refractivity contribution in [3.8, 4) is 5.75 Å². The molecule has 0 aliphatic rings. The van der Waals surface area contributed by atoms with Crippen LogP contribution in [0.5, 0.6) is 5.75 Å². The number of benzene rings is 1. The van der Waals surface area contributed by atoms with Crippen LogP contribution in [0.1, 0.15) is 17.0 Å². The van der Waals surface area contributed by atoms with Gasteiger partial charge in [-0.05, 0) is 44.5 Å². The van der Waals surface area contributed by atoms with E-state index in [-0.39, 0.29) is 0 Å². The van der Waals surface area contributed by atoms with Gasteiger partial charge in [-0.15, -0.1) is 0 Å². The highest BCUT2D eigenvalue weighted by Crippen LogP contribution is 2.26. The third-order valence-electron chi connectivity index (χ3n) is 2.86. The lowest BCUT2D eigenvalue weighted by Crippen LogP contribution is -2.01. The molecule has 1 N–H and O–H groups in total. The van der Waals surface area contributed by atoms with Crippen molar-refractivity contribution in [2.24, 2.45) is 0 Å². The Bertz CT molecular complexity index is 614. The third kappa shape index (κ3) is 2.96. The van der Waals surface area contributed by atoms with Crippen LogP contribution in [0.25, 0.3) is 0 Å². The molecule has 0 saturated carbocycles. The standard InChI is InChI=1S/C14H16ClN3O/c1-8-7-11(5-6-12(8)19-4)18-14-9(2)13(15)16-10(3)17-14/h5-7H,1-4H3,(H,16,17,18). The summed E-state index contributed by atoms with van der Waals surface area (Å²) in [6.45, 7) is 5.70. The van der Waals surface area contributed by atoms with E-state index in [9.17, 15) is 0 Å². The molecule has 2 rings (SSSR count). The van der Waals surface area contributed by atoms with Crippen LogP contribution in [0.15, 0.2) is 18.2 Å². The first-order valence-corrected chi connectivity index (χ1v) is 6.31. The molecule has 0 radical (unpaired) electrons. The first-order valence-electron chi connectivity index (χ1n) is 5.93. The third-order valence-corrected chi connectivity index (χ3v) is 3.22. The van der Waals surface area contributed by atoms with Crippen molar-refractivity contribution >= 4 is 23.1 Å². The lowest BCUT2D eigenvalue weighted by atomic mass is 10.2. The second-order valence-corrected chi connectivity index (χ2v) is 4.70. The highest BCUT2D eigenvalue weighted by atomic mass is 35.5. The highest BCUT2D eigenvalue weighted by Gasteiger charge is 2.08. The predicted octanol–water partition coefficient (Wildman–Crippen LogP) is 3.81. The van der Waals surface area contributed by atoms with Crippen molar-refractivity contribution in [2.45, 2.75) is 20.8 Å². The van der Waals surface area contributed by atoms with Crippen LogP contribution >= 0.6 is 11.6 Å². The molecule has 0 aliphatic carbocycles. The van der Waals surface area contributed by atoms with Gasteiger partial charge >= 0.3 is 0 Å². The first kappa shape index (κ1) is 13.6. The number of anilines is 2. The van der Waals surface area contributed by atoms with Crippen molar-refractivity contribution in [3.05, 3.63) is 40.3 Å². The average molecular weight is 278 g/mol. The van der Waals surface area contributed by atoms with Crippen LogP contribution in [0.2, 0.25) is 5.15 Å². The van der Waals surface area contributed by atoms with Gasteiger partial charge in [0.25, 0.3) is 0 Å². The lowest BCUT2D eigenvalue weighted by Gasteiger charge is -2.12. The smallest absolute Gasteiger partial charge is 0.138 e. The minimum absolute atomic E-state index is 0.472. The summed E-state index contributed by atoms with van der Waals surface area (Å²) in [6, 6.07) is 5.86. The zero-order valence-corrected chi connectivity index (χ0v) is 12.2. The van der Waals surface area contributed by atoms with Crippen LogP contribution < -0.4 is 10.1 Å². The van der Waals surface area contributed by atoms with Gasteiger partial charge in [-0.2, -0.15) is 0 Å². The van der Waals surface area contributed by atoms with Gasteiger partial charge < -0.3 is 10.1 Å². The van der Waals surface area contributed by atoms with E-state index in [0.717, 1.165) is 28.4 Å². The summed E-state index contributed by atoms with van der Waals surface area (Å²) in [5.41, 5.74) is 2.83. The molecule has 0 unspecified atom stereocenters. The number of methoxy groups -OCH3 is 1. The average Bonchev–Trinajstić information content (AvgIpc) is 2.35. The molecule has 0 bridgehead atoms. The fraction of sp³-hybridized carbons (Fsp3) is 0.286. The maximum atomic E-state index is 6.05. The fourth-order valence-electron chi connectivity index (χ4n) is 1.81. The Labute approximate surface area is 117 Å². The van der Waals surface area contributed by atoms with E-state index in [0.29, 0.717) is 11.0 Å². The second-order valence-electron chi connectivity index (χ2n) is 4.34. The van der Waals surface area contributed by atoms with E-state index in [1.807, 2.05) is 39.0 Å². The zero-order chi connectivity index (χ0) is 14.0. The van der Waals surface area contributed by atoms with Crippen LogP contribution in [0, 0.1) is 20.8 Å². The quantitative estimate of drug-likeness (QED) is 0.867. The number of nitrogens with one attached hydrogen (secondary N) is 1. The van der Waals surface area contributed by atoms with Crippen molar-refractivity contribution in [2.75, 3.05) is 12.4 Å². The molecule has 0 amide bonds. The van der Waals surface area contributed by atoms with Crippen molar-refractivity contribution in [1.29, 1.82) is 0 Å². The van der Waals surface area contributed by atoms with E-state index in [4.69, 9.17) is 16.3 Å². The summed E-state index contributed by atoms with van der Waals surface area (Å²) in [6.07, 6.45) is 0. The number of rotatable bonds is 3. The van der Waals surface area contributed by atoms with E-state index < -0.39 is 0 Å². The Morgan fingerprint density at radius 2 is 1.89 bits per heavy atom. The minimum Gasteiger partial charge on any atom is -0.496 e. The molecule has 2 aromatic rings. The van der Waals surface area contributed by atoms with Gasteiger partial charge in [-0.3, -0.25) is 0 Å². The summed E-state index contributed by atoms with van der Waals surface area (Å²) >= 11 is 6.05. The number of ether oxygens (including phenoxy) is 1. The van der Waals surface area contributed by atoms with Crippen molar-refractivity contribution in [1.82, 2.24) is 9.97 Å². The Kier molecular flexibility index (Phi) is 3.90. The number of hydrogen-bond acceptors (Lipinski definition) is 4. The minimum atomic E-state index is 0.472. The van der Waals surface area contributed by atoms with Crippen molar-refractivity contribution in [3.63, 3.8) is 0 Å². The van der Waals surface area contributed by atoms with E-state index in [1.54, 1.807) is 7.11 Å². The topological polar surface area (TPSA) is 47.0 Å². The number of hydrogen-bond donors (Lipinski definition) is 1. The molecule has 0 saturated heterocycles. The van der Waals surface area contributed by atoms with Gasteiger partial charge in [-0.1, -0.05) is 11.6 Å². The van der Waals surface area contributed by atoms with Crippen LogP contribution in [0.4, 0.5) is 11.5 Å². The van der Waals surface area contributed by atoms with Gasteiger partial charge in [-0.25, -0.2) is 9.97 Å². The summed E-state index contributed by atoms with van der Waals surface area (Å²) in [5, 5.41) is 3.73. The molecule has 0 aliphatic heterocycles. The molecule has 1 aromatic heterocycles. The van der Waals surface area contributed by atoms with Crippen LogP contribution in [-0.4, -0.2) is 17.1 Å².